The summed E-state index contributed by atoms with van der Waals surface area (Å²) in [6.45, 7) is 1.10. The zero-order valence-electron chi connectivity index (χ0n) is 11.7. The third-order valence-electron chi connectivity index (χ3n) is 3.05. The van der Waals surface area contributed by atoms with Crippen LogP contribution in [0.4, 0.5) is 0 Å². The predicted octanol–water partition coefficient (Wildman–Crippen LogP) is 0.829. The van der Waals surface area contributed by atoms with Gasteiger partial charge in [-0.1, -0.05) is 0 Å². The van der Waals surface area contributed by atoms with Crippen LogP contribution in [0.3, 0.4) is 0 Å². The molecule has 7 heteroatoms. The maximum atomic E-state index is 7.20. The van der Waals surface area contributed by atoms with Crippen LogP contribution in [0.5, 0.6) is 0 Å². The van der Waals surface area contributed by atoms with Gasteiger partial charge in [0, 0.05) is 36.8 Å². The van der Waals surface area contributed by atoms with Crippen LogP contribution in [0.25, 0.3) is 0 Å². The summed E-state index contributed by atoms with van der Waals surface area (Å²) in [4.78, 5) is 4.28. The van der Waals surface area contributed by atoms with Crippen molar-refractivity contribution in [2.75, 3.05) is 13.2 Å². The molecular formula is C14H20N6O. The Hall–Kier alpha value is -2.57. The molecule has 0 bridgehead atoms. The molecule has 0 radical (unpaired) electrons. The van der Waals surface area contributed by atoms with Gasteiger partial charge in [0.2, 0.25) is 5.90 Å². The van der Waals surface area contributed by atoms with Gasteiger partial charge in [0.05, 0.1) is 6.61 Å². The Labute approximate surface area is 123 Å². The van der Waals surface area contributed by atoms with E-state index in [0.29, 0.717) is 42.2 Å². The number of hydrogen-bond acceptors (Lipinski definition) is 7. The molecule has 1 fully saturated rings. The van der Waals surface area contributed by atoms with Crippen LogP contribution in [0, 0.1) is 16.7 Å². The predicted molar refractivity (Wildman–Crippen MR) is 83.3 cm³/mol. The van der Waals surface area contributed by atoms with Gasteiger partial charge in [-0.15, -0.1) is 0 Å². The first-order chi connectivity index (χ1) is 10.2. The highest BCUT2D eigenvalue weighted by Gasteiger charge is 2.23. The lowest BCUT2D eigenvalue weighted by Crippen LogP contribution is -2.31. The van der Waals surface area contributed by atoms with Crippen molar-refractivity contribution in [2.45, 2.75) is 12.8 Å². The number of nitrogens with two attached hydrogens (primary N) is 1. The Morgan fingerprint density at radius 2 is 2.33 bits per heavy atom. The third kappa shape index (κ3) is 4.79. The Morgan fingerprint density at radius 1 is 1.52 bits per heavy atom. The molecule has 21 heavy (non-hydrogen) atoms. The van der Waals surface area contributed by atoms with E-state index in [2.05, 4.69) is 15.6 Å². The van der Waals surface area contributed by atoms with Gasteiger partial charge in [0.1, 0.15) is 11.6 Å². The number of rotatable bonds is 7. The van der Waals surface area contributed by atoms with Gasteiger partial charge >= 0.3 is 0 Å². The Kier molecular flexibility index (Phi) is 5.14. The highest BCUT2D eigenvalue weighted by molar-refractivity contribution is 5.90. The van der Waals surface area contributed by atoms with Crippen molar-refractivity contribution in [2.24, 2.45) is 16.6 Å². The van der Waals surface area contributed by atoms with Crippen molar-refractivity contribution >= 4 is 18.3 Å². The van der Waals surface area contributed by atoms with Crippen LogP contribution in [-0.4, -0.2) is 31.5 Å². The number of allylic oxidation sites excluding steroid dienone is 1. The second kappa shape index (κ2) is 7.28. The van der Waals surface area contributed by atoms with Crippen LogP contribution in [0.2, 0.25) is 0 Å². The van der Waals surface area contributed by atoms with Crippen LogP contribution in [-0.2, 0) is 4.74 Å². The summed E-state index contributed by atoms with van der Waals surface area (Å²) in [7, 11) is 0. The molecule has 0 amide bonds. The van der Waals surface area contributed by atoms with Gasteiger partial charge in [-0.05, 0) is 24.8 Å². The number of hydrogen-bond donors (Lipinski definition) is 5. The summed E-state index contributed by atoms with van der Waals surface area (Å²) in [5.41, 5.74) is 6.07. The minimum absolute atomic E-state index is 0.423. The number of aliphatic imine (C=N–C) groups is 1. The molecule has 1 aliphatic carbocycles. The van der Waals surface area contributed by atoms with Gasteiger partial charge in [0.15, 0.2) is 0 Å². The summed E-state index contributed by atoms with van der Waals surface area (Å²) in [6, 6.07) is 0. The lowest BCUT2D eigenvalue weighted by Gasteiger charge is -2.19. The SMILES string of the molecule is N=C/C=C1/N=C(OCC2CC2)C=C(NC/C(C=N)=C/N)N1. The average molecular weight is 288 g/mol. The largest absolute Gasteiger partial charge is 0.477 e. The van der Waals surface area contributed by atoms with Gasteiger partial charge in [0.25, 0.3) is 0 Å². The van der Waals surface area contributed by atoms with E-state index in [1.807, 2.05) is 0 Å². The zero-order valence-corrected chi connectivity index (χ0v) is 11.7. The van der Waals surface area contributed by atoms with Crippen LogP contribution in [0.1, 0.15) is 12.8 Å². The fourth-order valence-electron chi connectivity index (χ4n) is 1.65. The van der Waals surface area contributed by atoms with E-state index in [-0.39, 0.29) is 0 Å². The Balaban J connectivity index is 2.00. The van der Waals surface area contributed by atoms with Crippen molar-refractivity contribution in [3.05, 3.63) is 35.6 Å². The number of nitrogens with one attached hydrogen (secondary N) is 4. The summed E-state index contributed by atoms with van der Waals surface area (Å²) < 4.78 is 5.67. The first kappa shape index (κ1) is 14.8. The molecule has 1 heterocycles. The van der Waals surface area contributed by atoms with E-state index < -0.39 is 0 Å². The zero-order chi connectivity index (χ0) is 15.1. The molecule has 0 atom stereocenters. The highest BCUT2D eigenvalue weighted by Crippen LogP contribution is 2.29. The van der Waals surface area contributed by atoms with Crippen molar-refractivity contribution in [3.8, 4) is 0 Å². The molecule has 0 aromatic heterocycles. The molecule has 1 saturated carbocycles. The topological polar surface area (TPSA) is 119 Å². The quantitative estimate of drug-likeness (QED) is 0.446. The van der Waals surface area contributed by atoms with Gasteiger partial charge in [-0.25, -0.2) is 0 Å². The fourth-order valence-corrected chi connectivity index (χ4v) is 1.65. The molecule has 0 spiro atoms. The fraction of sp³-hybridized carbons (Fsp3) is 0.357. The van der Waals surface area contributed by atoms with E-state index in [1.165, 1.54) is 25.3 Å². The molecule has 0 aromatic carbocycles. The van der Waals surface area contributed by atoms with Gasteiger partial charge in [-0.2, -0.15) is 4.99 Å². The van der Waals surface area contributed by atoms with E-state index in [0.717, 1.165) is 6.21 Å². The Bertz CT molecular complexity index is 528. The molecule has 6 N–H and O–H groups in total. The maximum Gasteiger partial charge on any atom is 0.218 e. The standard InChI is InChI=1S/C14H20N6O/c15-4-3-12-19-13(18-8-11(6-16)7-17)5-14(20-12)21-9-10-1-2-10/h3-7,10,15-16,18-19H,1-2,8-9,17H2/b11-7+,12-3+,15-4?,16-6?. The molecule has 2 aliphatic rings. The molecule has 2 rings (SSSR count). The van der Waals surface area contributed by atoms with Crippen LogP contribution >= 0.6 is 0 Å². The lowest BCUT2D eigenvalue weighted by molar-refractivity contribution is 0.287. The van der Waals surface area contributed by atoms with Crippen molar-refractivity contribution in [1.29, 1.82) is 10.8 Å². The lowest BCUT2D eigenvalue weighted by atomic mass is 10.3. The van der Waals surface area contributed by atoms with E-state index in [4.69, 9.17) is 21.3 Å². The molecule has 1 aliphatic heterocycles. The van der Waals surface area contributed by atoms with Crippen LogP contribution < -0.4 is 16.4 Å². The molecule has 7 nitrogen and oxygen atoms in total. The summed E-state index contributed by atoms with van der Waals surface area (Å²) in [5.74, 6) is 2.40. The molecule has 0 unspecified atom stereocenters. The van der Waals surface area contributed by atoms with E-state index in [9.17, 15) is 0 Å². The highest BCUT2D eigenvalue weighted by atomic mass is 16.5. The van der Waals surface area contributed by atoms with E-state index >= 15 is 0 Å². The molecule has 112 valence electrons. The first-order valence-electron chi connectivity index (χ1n) is 6.81. The summed E-state index contributed by atoms with van der Waals surface area (Å²) >= 11 is 0. The maximum absolute atomic E-state index is 7.20. The average Bonchev–Trinajstić information content (AvgIpc) is 3.31. The number of nitrogens with zero attached hydrogens (tertiary/aromatic N) is 1. The summed E-state index contributed by atoms with van der Waals surface area (Å²) in [6.07, 6.45) is 9.49. The van der Waals surface area contributed by atoms with Gasteiger partial charge < -0.3 is 31.9 Å². The first-order valence-corrected chi connectivity index (χ1v) is 6.81. The molecule has 0 aromatic rings. The van der Waals surface area contributed by atoms with Crippen molar-refractivity contribution in [1.82, 2.24) is 10.6 Å². The minimum atomic E-state index is 0.423. The van der Waals surface area contributed by atoms with Crippen molar-refractivity contribution < 1.29 is 4.74 Å². The summed E-state index contributed by atoms with van der Waals surface area (Å²) in [5, 5.41) is 20.5. The van der Waals surface area contributed by atoms with Crippen molar-refractivity contribution in [3.63, 3.8) is 0 Å². The van der Waals surface area contributed by atoms with E-state index in [1.54, 1.807) is 12.2 Å². The second-order valence-corrected chi connectivity index (χ2v) is 4.85. The second-order valence-electron chi connectivity index (χ2n) is 4.85. The molecule has 0 saturated heterocycles. The Morgan fingerprint density at radius 3 is 2.95 bits per heavy atom. The number of ether oxygens (including phenoxy) is 1. The normalized spacial score (nSPS) is 20.2. The molecular weight excluding hydrogens is 268 g/mol. The third-order valence-corrected chi connectivity index (χ3v) is 3.05. The minimum Gasteiger partial charge on any atom is -0.477 e. The smallest absolute Gasteiger partial charge is 0.218 e. The monoisotopic (exact) mass is 288 g/mol. The van der Waals surface area contributed by atoms with Crippen LogP contribution in [0.15, 0.2) is 40.6 Å². The van der Waals surface area contributed by atoms with Gasteiger partial charge in [-0.3, -0.25) is 0 Å².